The maximum Gasteiger partial charge on any atom is 0.294 e. The van der Waals surface area contributed by atoms with Gasteiger partial charge in [-0.1, -0.05) is 6.07 Å². The van der Waals surface area contributed by atoms with E-state index in [-0.39, 0.29) is 17.5 Å². The van der Waals surface area contributed by atoms with Gasteiger partial charge in [0.1, 0.15) is 11.6 Å². The number of rotatable bonds is 6. The van der Waals surface area contributed by atoms with E-state index in [9.17, 15) is 9.18 Å². The van der Waals surface area contributed by atoms with Crippen LogP contribution in [0.2, 0.25) is 0 Å². The van der Waals surface area contributed by atoms with Gasteiger partial charge in [0.05, 0.1) is 13.1 Å². The van der Waals surface area contributed by atoms with E-state index in [1.54, 1.807) is 51.4 Å². The molecule has 27 heavy (non-hydrogen) atoms. The smallest absolute Gasteiger partial charge is 0.294 e. The maximum atomic E-state index is 13.3. The third kappa shape index (κ3) is 3.98. The van der Waals surface area contributed by atoms with Crippen molar-refractivity contribution < 1.29 is 13.6 Å². The van der Waals surface area contributed by atoms with Gasteiger partial charge in [-0.05, 0) is 53.9 Å². The summed E-state index contributed by atoms with van der Waals surface area (Å²) >= 11 is 1.56. The van der Waals surface area contributed by atoms with Crippen LogP contribution >= 0.6 is 11.3 Å². The van der Waals surface area contributed by atoms with Crippen LogP contribution in [0, 0.1) is 5.82 Å². The van der Waals surface area contributed by atoms with Gasteiger partial charge in [-0.3, -0.25) is 9.48 Å². The van der Waals surface area contributed by atoms with Crippen molar-refractivity contribution in [1.82, 2.24) is 9.78 Å². The SMILES string of the molecule is O=C(c1ccc(Cn2cccn2)o1)N(Cc1cccs1)c1ccc(F)cc1. The van der Waals surface area contributed by atoms with Gasteiger partial charge in [0.2, 0.25) is 0 Å². The van der Waals surface area contributed by atoms with Crippen LogP contribution in [0.1, 0.15) is 21.2 Å². The van der Waals surface area contributed by atoms with Crippen molar-refractivity contribution in [3.63, 3.8) is 0 Å². The van der Waals surface area contributed by atoms with E-state index >= 15 is 0 Å². The number of amides is 1. The second kappa shape index (κ2) is 7.59. The van der Waals surface area contributed by atoms with Crippen molar-refractivity contribution in [2.75, 3.05) is 4.90 Å². The summed E-state index contributed by atoms with van der Waals surface area (Å²) in [5, 5.41) is 6.09. The zero-order valence-corrected chi connectivity index (χ0v) is 15.1. The summed E-state index contributed by atoms with van der Waals surface area (Å²) in [5.74, 6) is 0.249. The number of halogens is 1. The van der Waals surface area contributed by atoms with Crippen molar-refractivity contribution in [3.05, 3.63) is 94.6 Å². The fourth-order valence-electron chi connectivity index (χ4n) is 2.72. The molecule has 1 aromatic carbocycles. The molecule has 0 N–H and O–H groups in total. The third-order valence-electron chi connectivity index (χ3n) is 4.03. The molecule has 0 aliphatic heterocycles. The summed E-state index contributed by atoms with van der Waals surface area (Å²) < 4.78 is 20.8. The Hall–Kier alpha value is -3.19. The molecule has 1 amide bonds. The van der Waals surface area contributed by atoms with Gasteiger partial charge < -0.3 is 9.32 Å². The highest BCUT2D eigenvalue weighted by atomic mass is 32.1. The lowest BCUT2D eigenvalue weighted by atomic mass is 10.2. The first-order valence-electron chi connectivity index (χ1n) is 8.35. The van der Waals surface area contributed by atoms with Crippen LogP contribution < -0.4 is 4.90 Å². The normalized spacial score (nSPS) is 10.9. The van der Waals surface area contributed by atoms with Crippen molar-refractivity contribution in [1.29, 1.82) is 0 Å². The minimum atomic E-state index is -0.346. The quantitative estimate of drug-likeness (QED) is 0.492. The number of benzene rings is 1. The number of hydrogen-bond acceptors (Lipinski definition) is 4. The highest BCUT2D eigenvalue weighted by Gasteiger charge is 2.22. The van der Waals surface area contributed by atoms with E-state index in [0.29, 0.717) is 24.5 Å². The predicted octanol–water partition coefficient (Wildman–Crippen LogP) is 4.57. The second-order valence-electron chi connectivity index (χ2n) is 5.92. The van der Waals surface area contributed by atoms with E-state index < -0.39 is 0 Å². The van der Waals surface area contributed by atoms with Crippen LogP contribution in [-0.4, -0.2) is 15.7 Å². The van der Waals surface area contributed by atoms with Crippen LogP contribution in [0.3, 0.4) is 0 Å². The van der Waals surface area contributed by atoms with Crippen LogP contribution in [0.4, 0.5) is 10.1 Å². The first kappa shape index (κ1) is 17.2. The molecule has 0 spiro atoms. The minimum absolute atomic E-state index is 0.234. The number of thiophene rings is 1. The number of carbonyl (C=O) groups is 1. The minimum Gasteiger partial charge on any atom is -0.454 e. The molecule has 3 heterocycles. The third-order valence-corrected chi connectivity index (χ3v) is 4.89. The first-order chi connectivity index (χ1) is 13.2. The Morgan fingerprint density at radius 1 is 1.15 bits per heavy atom. The molecular weight excluding hydrogens is 365 g/mol. The number of anilines is 1. The Bertz CT molecular complexity index is 1010. The lowest BCUT2D eigenvalue weighted by Gasteiger charge is -2.21. The highest BCUT2D eigenvalue weighted by molar-refractivity contribution is 7.09. The van der Waals surface area contributed by atoms with E-state index in [1.165, 1.54) is 12.1 Å². The van der Waals surface area contributed by atoms with E-state index in [1.807, 2.05) is 29.8 Å². The number of nitrogens with zero attached hydrogens (tertiary/aromatic N) is 3. The summed E-state index contributed by atoms with van der Waals surface area (Å²) in [4.78, 5) is 15.7. The van der Waals surface area contributed by atoms with E-state index in [2.05, 4.69) is 5.10 Å². The molecule has 0 saturated carbocycles. The molecule has 0 aliphatic carbocycles. The van der Waals surface area contributed by atoms with Crippen molar-refractivity contribution in [2.45, 2.75) is 13.1 Å². The van der Waals surface area contributed by atoms with Crippen LogP contribution in [0.15, 0.2) is 76.8 Å². The maximum absolute atomic E-state index is 13.3. The largest absolute Gasteiger partial charge is 0.454 e. The van der Waals surface area contributed by atoms with E-state index in [0.717, 1.165) is 4.88 Å². The molecule has 0 aliphatic rings. The molecule has 5 nitrogen and oxygen atoms in total. The number of carbonyl (C=O) groups excluding carboxylic acids is 1. The van der Waals surface area contributed by atoms with Gasteiger partial charge >= 0.3 is 0 Å². The second-order valence-corrected chi connectivity index (χ2v) is 6.95. The molecule has 3 aromatic heterocycles. The molecule has 0 saturated heterocycles. The summed E-state index contributed by atoms with van der Waals surface area (Å²) in [6.07, 6.45) is 3.51. The Labute approximate surface area is 159 Å². The topological polar surface area (TPSA) is 51.3 Å². The molecule has 0 radical (unpaired) electrons. The Kier molecular flexibility index (Phi) is 4.84. The number of furan rings is 1. The Morgan fingerprint density at radius 2 is 2.00 bits per heavy atom. The molecule has 4 aromatic rings. The number of aromatic nitrogens is 2. The lowest BCUT2D eigenvalue weighted by molar-refractivity contribution is 0.0956. The fourth-order valence-corrected chi connectivity index (χ4v) is 3.42. The van der Waals surface area contributed by atoms with Gasteiger partial charge in [0, 0.05) is 23.0 Å². The monoisotopic (exact) mass is 381 g/mol. The van der Waals surface area contributed by atoms with Crippen LogP contribution in [-0.2, 0) is 13.1 Å². The molecule has 0 fully saturated rings. The average molecular weight is 381 g/mol. The van der Waals surface area contributed by atoms with Crippen molar-refractivity contribution in [2.24, 2.45) is 0 Å². The summed E-state index contributed by atoms with van der Waals surface area (Å²) in [5.41, 5.74) is 0.611. The molecule has 0 unspecified atom stereocenters. The summed E-state index contributed by atoms with van der Waals surface area (Å²) in [6, 6.07) is 15.0. The zero-order chi connectivity index (χ0) is 18.6. The molecule has 0 atom stereocenters. The van der Waals surface area contributed by atoms with Crippen LogP contribution in [0.5, 0.6) is 0 Å². The Morgan fingerprint density at radius 3 is 2.70 bits per heavy atom. The summed E-state index contributed by atoms with van der Waals surface area (Å²) in [6.45, 7) is 0.832. The lowest BCUT2D eigenvalue weighted by Crippen LogP contribution is -2.29. The highest BCUT2D eigenvalue weighted by Crippen LogP contribution is 2.23. The molecule has 7 heteroatoms. The van der Waals surface area contributed by atoms with Gasteiger partial charge in [-0.2, -0.15) is 5.10 Å². The van der Waals surface area contributed by atoms with Crippen molar-refractivity contribution in [3.8, 4) is 0 Å². The molecule has 4 rings (SSSR count). The predicted molar refractivity (Wildman–Crippen MR) is 101 cm³/mol. The van der Waals surface area contributed by atoms with Gasteiger partial charge in [0.15, 0.2) is 5.76 Å². The molecular formula is C20H16FN3O2S. The Balaban J connectivity index is 1.60. The van der Waals surface area contributed by atoms with Gasteiger partial charge in [-0.15, -0.1) is 11.3 Å². The van der Waals surface area contributed by atoms with Crippen molar-refractivity contribution >= 4 is 22.9 Å². The first-order valence-corrected chi connectivity index (χ1v) is 9.23. The number of hydrogen-bond donors (Lipinski definition) is 0. The summed E-state index contributed by atoms with van der Waals surface area (Å²) in [7, 11) is 0. The molecule has 0 bridgehead atoms. The zero-order valence-electron chi connectivity index (χ0n) is 14.3. The van der Waals surface area contributed by atoms with E-state index in [4.69, 9.17) is 4.42 Å². The van der Waals surface area contributed by atoms with Crippen LogP contribution in [0.25, 0.3) is 0 Å². The van der Waals surface area contributed by atoms with Gasteiger partial charge in [-0.25, -0.2) is 4.39 Å². The standard InChI is InChI=1S/C20H16FN3O2S/c21-15-4-6-16(7-5-15)24(14-18-3-1-12-27-18)20(25)19-9-8-17(26-19)13-23-11-2-10-22-23/h1-12H,13-14H2. The fraction of sp³-hybridized carbons (Fsp3) is 0.100. The van der Waals surface area contributed by atoms with Gasteiger partial charge in [0.25, 0.3) is 5.91 Å². The molecule has 136 valence electrons. The average Bonchev–Trinajstić information content (AvgIpc) is 3.44.